The van der Waals surface area contributed by atoms with Crippen molar-refractivity contribution in [3.8, 4) is 11.8 Å². The lowest BCUT2D eigenvalue weighted by molar-refractivity contribution is 0.922. The minimum atomic E-state index is 1.07. The number of fused-ring (bicyclic) bond motifs is 2. The molecule has 0 aliphatic heterocycles. The van der Waals surface area contributed by atoms with Gasteiger partial charge in [0.05, 0.1) is 0 Å². The molecule has 0 spiro atoms. The molecule has 0 N–H and O–H groups in total. The standard InChI is InChI=1S/C25H20/c1-2-7-19-12-14-20(15-13-19)16-17-25-23-10-5-3-8-21(23)18-22-9-4-6-11-24(22)25/h3-6,8-15,18H,2,7H2,1H3. The third-order valence-corrected chi connectivity index (χ3v) is 4.60. The summed E-state index contributed by atoms with van der Waals surface area (Å²) in [6.07, 6.45) is 2.30. The largest absolute Gasteiger partial charge is 0.0651 e. The van der Waals surface area contributed by atoms with E-state index in [1.807, 2.05) is 0 Å². The molecule has 0 aromatic heterocycles. The highest BCUT2D eigenvalue weighted by Gasteiger charge is 2.04. The van der Waals surface area contributed by atoms with Crippen molar-refractivity contribution >= 4 is 21.5 Å². The summed E-state index contributed by atoms with van der Waals surface area (Å²) in [5.41, 5.74) is 3.56. The van der Waals surface area contributed by atoms with Gasteiger partial charge < -0.3 is 0 Å². The normalized spacial score (nSPS) is 10.6. The van der Waals surface area contributed by atoms with Crippen LogP contribution in [0, 0.1) is 11.8 Å². The Balaban J connectivity index is 1.85. The Morgan fingerprint density at radius 3 is 1.88 bits per heavy atom. The van der Waals surface area contributed by atoms with E-state index in [1.165, 1.54) is 33.5 Å². The van der Waals surface area contributed by atoms with Crippen LogP contribution in [0.2, 0.25) is 0 Å². The van der Waals surface area contributed by atoms with E-state index < -0.39 is 0 Å². The molecule has 0 saturated heterocycles. The number of benzene rings is 4. The quantitative estimate of drug-likeness (QED) is 0.298. The van der Waals surface area contributed by atoms with Crippen molar-refractivity contribution in [1.82, 2.24) is 0 Å². The maximum Gasteiger partial charge on any atom is 0.0405 e. The average molecular weight is 320 g/mol. The third-order valence-electron chi connectivity index (χ3n) is 4.60. The van der Waals surface area contributed by atoms with Crippen LogP contribution in [-0.4, -0.2) is 0 Å². The van der Waals surface area contributed by atoms with Crippen molar-refractivity contribution in [3.05, 3.63) is 95.6 Å². The first-order chi connectivity index (χ1) is 12.3. The highest BCUT2D eigenvalue weighted by Crippen LogP contribution is 2.27. The summed E-state index contributed by atoms with van der Waals surface area (Å²) in [6.45, 7) is 2.21. The van der Waals surface area contributed by atoms with Crippen molar-refractivity contribution in [2.24, 2.45) is 0 Å². The van der Waals surface area contributed by atoms with Crippen LogP contribution in [0.4, 0.5) is 0 Å². The van der Waals surface area contributed by atoms with Crippen molar-refractivity contribution < 1.29 is 0 Å². The molecule has 0 heteroatoms. The van der Waals surface area contributed by atoms with Crippen LogP contribution in [-0.2, 0) is 6.42 Å². The molecule has 0 bridgehead atoms. The SMILES string of the molecule is CCCc1ccc(C#Cc2c3ccccc3cc3ccccc23)cc1. The summed E-state index contributed by atoms with van der Waals surface area (Å²) in [6, 6.07) is 27.9. The van der Waals surface area contributed by atoms with Gasteiger partial charge in [-0.15, -0.1) is 0 Å². The lowest BCUT2D eigenvalue weighted by atomic mass is 9.97. The van der Waals surface area contributed by atoms with Gasteiger partial charge in [-0.25, -0.2) is 0 Å². The molecule has 0 radical (unpaired) electrons. The highest BCUT2D eigenvalue weighted by molar-refractivity contribution is 6.04. The summed E-state index contributed by atoms with van der Waals surface area (Å²) >= 11 is 0. The molecule has 25 heavy (non-hydrogen) atoms. The van der Waals surface area contributed by atoms with Crippen LogP contribution in [0.1, 0.15) is 30.0 Å². The maximum absolute atomic E-state index is 3.45. The molecule has 4 rings (SSSR count). The lowest BCUT2D eigenvalue weighted by Crippen LogP contribution is -1.85. The molecule has 0 unspecified atom stereocenters. The van der Waals surface area contributed by atoms with Crippen molar-refractivity contribution in [2.45, 2.75) is 19.8 Å². The topological polar surface area (TPSA) is 0 Å². The van der Waals surface area contributed by atoms with Crippen molar-refractivity contribution in [2.75, 3.05) is 0 Å². The van der Waals surface area contributed by atoms with E-state index >= 15 is 0 Å². The summed E-state index contributed by atoms with van der Waals surface area (Å²) < 4.78 is 0. The molecule has 0 heterocycles. The highest BCUT2D eigenvalue weighted by atomic mass is 14.1. The Morgan fingerprint density at radius 1 is 0.680 bits per heavy atom. The third kappa shape index (κ3) is 3.14. The molecule has 0 aliphatic rings. The van der Waals surface area contributed by atoms with Gasteiger partial charge >= 0.3 is 0 Å². The fraction of sp³-hybridized carbons (Fsp3) is 0.120. The zero-order chi connectivity index (χ0) is 17.1. The predicted octanol–water partition coefficient (Wildman–Crippen LogP) is 6.35. The van der Waals surface area contributed by atoms with Gasteiger partial charge in [0.25, 0.3) is 0 Å². The number of rotatable bonds is 2. The van der Waals surface area contributed by atoms with Crippen molar-refractivity contribution in [1.29, 1.82) is 0 Å². The molecule has 0 nitrogen and oxygen atoms in total. The molecular weight excluding hydrogens is 300 g/mol. The minimum Gasteiger partial charge on any atom is -0.0651 e. The van der Waals surface area contributed by atoms with Crippen LogP contribution < -0.4 is 0 Å². The van der Waals surface area contributed by atoms with Crippen LogP contribution in [0.25, 0.3) is 21.5 Å². The Bertz CT molecular complexity index is 1040. The zero-order valence-electron chi connectivity index (χ0n) is 14.4. The summed E-state index contributed by atoms with van der Waals surface area (Å²) in [7, 11) is 0. The average Bonchev–Trinajstić information content (AvgIpc) is 2.66. The van der Waals surface area contributed by atoms with Gasteiger partial charge in [-0.05, 0) is 51.7 Å². The maximum atomic E-state index is 3.45. The number of aryl methyl sites for hydroxylation is 1. The first-order valence-corrected chi connectivity index (χ1v) is 8.86. The summed E-state index contributed by atoms with van der Waals surface area (Å²) in [5.74, 6) is 6.81. The molecule has 0 saturated carbocycles. The van der Waals surface area contributed by atoms with Gasteiger partial charge in [0.2, 0.25) is 0 Å². The van der Waals surface area contributed by atoms with Gasteiger partial charge in [0, 0.05) is 11.1 Å². The fourth-order valence-electron chi connectivity index (χ4n) is 3.33. The Labute approximate surface area is 149 Å². The zero-order valence-corrected chi connectivity index (χ0v) is 14.4. The number of hydrogen-bond acceptors (Lipinski definition) is 0. The lowest BCUT2D eigenvalue weighted by Gasteiger charge is -2.06. The predicted molar refractivity (Wildman–Crippen MR) is 108 cm³/mol. The molecule has 0 fully saturated rings. The molecule has 0 aliphatic carbocycles. The van der Waals surface area contributed by atoms with Gasteiger partial charge in [0.15, 0.2) is 0 Å². The second-order valence-electron chi connectivity index (χ2n) is 6.39. The van der Waals surface area contributed by atoms with Crippen LogP contribution in [0.5, 0.6) is 0 Å². The molecule has 0 amide bonds. The Morgan fingerprint density at radius 2 is 1.28 bits per heavy atom. The summed E-state index contributed by atoms with van der Waals surface area (Å²) in [5, 5.41) is 4.92. The second-order valence-corrected chi connectivity index (χ2v) is 6.39. The van der Waals surface area contributed by atoms with Crippen LogP contribution >= 0.6 is 0 Å². The van der Waals surface area contributed by atoms with Gasteiger partial charge in [-0.2, -0.15) is 0 Å². The van der Waals surface area contributed by atoms with E-state index in [9.17, 15) is 0 Å². The first-order valence-electron chi connectivity index (χ1n) is 8.86. The molecule has 120 valence electrons. The fourth-order valence-corrected chi connectivity index (χ4v) is 3.33. The Kier molecular flexibility index (Phi) is 4.23. The molecular formula is C25H20. The van der Waals surface area contributed by atoms with E-state index in [4.69, 9.17) is 0 Å². The first kappa shape index (κ1) is 15.5. The second kappa shape index (κ2) is 6.83. The molecule has 0 atom stereocenters. The summed E-state index contributed by atoms with van der Waals surface area (Å²) in [4.78, 5) is 0. The smallest absolute Gasteiger partial charge is 0.0405 e. The molecule has 4 aromatic carbocycles. The molecule has 4 aromatic rings. The van der Waals surface area contributed by atoms with Crippen molar-refractivity contribution in [3.63, 3.8) is 0 Å². The van der Waals surface area contributed by atoms with Crippen LogP contribution in [0.3, 0.4) is 0 Å². The van der Waals surface area contributed by atoms with E-state index in [0.29, 0.717) is 0 Å². The Hall–Kier alpha value is -3.04. The van der Waals surface area contributed by atoms with E-state index in [-0.39, 0.29) is 0 Å². The van der Waals surface area contributed by atoms with E-state index in [0.717, 1.165) is 17.5 Å². The number of hydrogen-bond donors (Lipinski definition) is 0. The monoisotopic (exact) mass is 320 g/mol. The van der Waals surface area contributed by atoms with Gasteiger partial charge in [-0.3, -0.25) is 0 Å². The van der Waals surface area contributed by atoms with E-state index in [2.05, 4.69) is 97.6 Å². The van der Waals surface area contributed by atoms with Gasteiger partial charge in [0.1, 0.15) is 0 Å². The minimum absolute atomic E-state index is 1.07. The van der Waals surface area contributed by atoms with E-state index in [1.54, 1.807) is 0 Å². The van der Waals surface area contributed by atoms with Crippen LogP contribution in [0.15, 0.2) is 78.9 Å². The van der Waals surface area contributed by atoms with Gasteiger partial charge in [-0.1, -0.05) is 85.8 Å².